The average molecular weight is 149 g/mol. The molecule has 1 atom stereocenters. The van der Waals surface area contributed by atoms with Gasteiger partial charge >= 0.3 is 0 Å². The molecule has 0 aliphatic rings. The van der Waals surface area contributed by atoms with Gasteiger partial charge in [-0.15, -0.1) is 5.73 Å². The minimum Gasteiger partial charge on any atom is -0.464 e. The highest BCUT2D eigenvalue weighted by molar-refractivity contribution is 5.13. The molecular formula is C9H11NO. The van der Waals surface area contributed by atoms with E-state index in [1.165, 1.54) is 0 Å². The van der Waals surface area contributed by atoms with Gasteiger partial charge in [0, 0.05) is 0 Å². The van der Waals surface area contributed by atoms with Crippen LogP contribution in [0.3, 0.4) is 0 Å². The molecule has 1 rings (SSSR count). The van der Waals surface area contributed by atoms with Crippen molar-refractivity contribution in [2.24, 2.45) is 5.73 Å². The fraction of sp³-hybridized carbons (Fsp3) is 0.222. The fourth-order valence-corrected chi connectivity index (χ4v) is 0.842. The Bertz CT molecular complexity index is 282. The molecular weight excluding hydrogens is 138 g/mol. The first-order valence-electron chi connectivity index (χ1n) is 3.42. The number of furan rings is 1. The third kappa shape index (κ3) is 1.84. The highest BCUT2D eigenvalue weighted by atomic mass is 16.3. The summed E-state index contributed by atoms with van der Waals surface area (Å²) in [5, 5.41) is 0. The molecule has 1 aromatic heterocycles. The van der Waals surface area contributed by atoms with Crippen LogP contribution in [0.15, 0.2) is 34.9 Å². The summed E-state index contributed by atoms with van der Waals surface area (Å²) in [5.74, 6) is 1.62. The third-order valence-electron chi connectivity index (χ3n) is 1.39. The average Bonchev–Trinajstić information content (AvgIpc) is 2.36. The van der Waals surface area contributed by atoms with E-state index < -0.39 is 0 Å². The van der Waals surface area contributed by atoms with E-state index in [1.54, 1.807) is 6.08 Å². The van der Waals surface area contributed by atoms with Gasteiger partial charge in [0.1, 0.15) is 11.5 Å². The maximum Gasteiger partial charge on any atom is 0.125 e. The Hall–Kier alpha value is -1.24. The minimum absolute atomic E-state index is 0.221. The second kappa shape index (κ2) is 3.24. The summed E-state index contributed by atoms with van der Waals surface area (Å²) >= 11 is 0. The molecule has 1 aromatic rings. The van der Waals surface area contributed by atoms with Crippen molar-refractivity contribution in [2.45, 2.75) is 13.0 Å². The molecule has 0 aromatic carbocycles. The predicted molar refractivity (Wildman–Crippen MR) is 44.1 cm³/mol. The lowest BCUT2D eigenvalue weighted by Crippen LogP contribution is -2.04. The normalized spacial score (nSPS) is 12.2. The number of aryl methyl sites for hydroxylation is 1. The summed E-state index contributed by atoms with van der Waals surface area (Å²) in [6.07, 6.45) is 1.66. The Morgan fingerprint density at radius 1 is 1.73 bits per heavy atom. The molecule has 1 unspecified atom stereocenters. The molecule has 2 nitrogen and oxygen atoms in total. The van der Waals surface area contributed by atoms with Gasteiger partial charge in [0.05, 0.1) is 6.04 Å². The van der Waals surface area contributed by atoms with E-state index in [2.05, 4.69) is 12.3 Å². The highest BCUT2D eigenvalue weighted by Gasteiger charge is 2.04. The highest BCUT2D eigenvalue weighted by Crippen LogP contribution is 2.14. The predicted octanol–water partition coefficient (Wildman–Crippen LogP) is 1.93. The van der Waals surface area contributed by atoms with E-state index in [4.69, 9.17) is 10.2 Å². The van der Waals surface area contributed by atoms with Gasteiger partial charge in [0.25, 0.3) is 0 Å². The van der Waals surface area contributed by atoms with Crippen LogP contribution in [0.5, 0.6) is 0 Å². The lowest BCUT2D eigenvalue weighted by molar-refractivity contribution is 0.470. The molecule has 1 heterocycles. The maximum atomic E-state index is 5.67. The molecule has 0 spiro atoms. The molecule has 0 amide bonds. The minimum atomic E-state index is -0.221. The first kappa shape index (κ1) is 7.86. The summed E-state index contributed by atoms with van der Waals surface area (Å²) in [6, 6.07) is 3.51. The zero-order chi connectivity index (χ0) is 8.27. The summed E-state index contributed by atoms with van der Waals surface area (Å²) in [6.45, 7) is 5.31. The van der Waals surface area contributed by atoms with Crippen molar-refractivity contribution in [1.82, 2.24) is 0 Å². The fourth-order valence-electron chi connectivity index (χ4n) is 0.842. The molecule has 0 saturated carbocycles. The van der Waals surface area contributed by atoms with E-state index in [0.29, 0.717) is 0 Å². The zero-order valence-electron chi connectivity index (χ0n) is 6.50. The van der Waals surface area contributed by atoms with Crippen LogP contribution in [0.1, 0.15) is 17.6 Å². The van der Waals surface area contributed by atoms with Crippen LogP contribution in [-0.4, -0.2) is 0 Å². The van der Waals surface area contributed by atoms with Crippen molar-refractivity contribution in [3.05, 3.63) is 42.0 Å². The second-order valence-corrected chi connectivity index (χ2v) is 2.34. The molecule has 11 heavy (non-hydrogen) atoms. The van der Waals surface area contributed by atoms with Crippen LogP contribution in [-0.2, 0) is 0 Å². The number of rotatable bonds is 2. The van der Waals surface area contributed by atoms with Crippen LogP contribution < -0.4 is 5.73 Å². The Kier molecular flexibility index (Phi) is 2.32. The first-order chi connectivity index (χ1) is 5.24. The van der Waals surface area contributed by atoms with E-state index in [-0.39, 0.29) is 6.04 Å². The van der Waals surface area contributed by atoms with Crippen LogP contribution in [0.2, 0.25) is 0 Å². The second-order valence-electron chi connectivity index (χ2n) is 2.34. The van der Waals surface area contributed by atoms with Gasteiger partial charge < -0.3 is 10.2 Å². The lowest BCUT2D eigenvalue weighted by Gasteiger charge is -1.98. The molecule has 2 heteroatoms. The van der Waals surface area contributed by atoms with Crippen LogP contribution in [0, 0.1) is 6.92 Å². The van der Waals surface area contributed by atoms with Gasteiger partial charge in [-0.25, -0.2) is 0 Å². The van der Waals surface area contributed by atoms with Gasteiger partial charge in [0.15, 0.2) is 0 Å². The summed E-state index contributed by atoms with van der Waals surface area (Å²) in [4.78, 5) is 0. The van der Waals surface area contributed by atoms with Crippen molar-refractivity contribution >= 4 is 0 Å². The largest absolute Gasteiger partial charge is 0.464 e. The Balaban J connectivity index is 2.84. The summed E-state index contributed by atoms with van der Waals surface area (Å²) in [5.41, 5.74) is 8.28. The number of nitrogens with two attached hydrogens (primary N) is 1. The molecule has 0 radical (unpaired) electrons. The van der Waals surface area contributed by atoms with Gasteiger partial charge in [-0.05, 0) is 25.1 Å². The van der Waals surface area contributed by atoms with Gasteiger partial charge in [-0.3, -0.25) is 0 Å². The first-order valence-corrected chi connectivity index (χ1v) is 3.42. The molecule has 0 saturated heterocycles. The molecule has 0 aliphatic heterocycles. The monoisotopic (exact) mass is 149 g/mol. The van der Waals surface area contributed by atoms with Crippen molar-refractivity contribution in [3.63, 3.8) is 0 Å². The van der Waals surface area contributed by atoms with Gasteiger partial charge in [0.2, 0.25) is 0 Å². The van der Waals surface area contributed by atoms with E-state index >= 15 is 0 Å². The Labute approximate surface area is 66.0 Å². The quantitative estimate of drug-likeness (QED) is 0.652. The van der Waals surface area contributed by atoms with E-state index in [0.717, 1.165) is 11.5 Å². The molecule has 58 valence electrons. The summed E-state index contributed by atoms with van der Waals surface area (Å²) < 4.78 is 5.27. The summed E-state index contributed by atoms with van der Waals surface area (Å²) in [7, 11) is 0. The zero-order valence-corrected chi connectivity index (χ0v) is 6.50. The van der Waals surface area contributed by atoms with Crippen molar-refractivity contribution < 1.29 is 4.42 Å². The van der Waals surface area contributed by atoms with Crippen LogP contribution >= 0.6 is 0 Å². The Morgan fingerprint density at radius 2 is 2.45 bits per heavy atom. The van der Waals surface area contributed by atoms with E-state index in [1.807, 2.05) is 19.1 Å². The van der Waals surface area contributed by atoms with Gasteiger partial charge in [-0.1, -0.05) is 6.58 Å². The lowest BCUT2D eigenvalue weighted by atomic mass is 10.2. The van der Waals surface area contributed by atoms with Crippen molar-refractivity contribution in [3.8, 4) is 0 Å². The number of hydrogen-bond acceptors (Lipinski definition) is 2. The third-order valence-corrected chi connectivity index (χ3v) is 1.39. The van der Waals surface area contributed by atoms with Crippen molar-refractivity contribution in [2.75, 3.05) is 0 Å². The number of hydrogen-bond donors (Lipinski definition) is 1. The van der Waals surface area contributed by atoms with E-state index in [9.17, 15) is 0 Å². The molecule has 0 aliphatic carbocycles. The SMILES string of the molecule is C=C=CC(N)c1ccc(C)o1. The molecule has 0 fully saturated rings. The van der Waals surface area contributed by atoms with Gasteiger partial charge in [-0.2, -0.15) is 0 Å². The maximum absolute atomic E-state index is 5.67. The Morgan fingerprint density at radius 3 is 2.91 bits per heavy atom. The molecule has 0 bridgehead atoms. The smallest absolute Gasteiger partial charge is 0.125 e. The van der Waals surface area contributed by atoms with Crippen molar-refractivity contribution in [1.29, 1.82) is 0 Å². The standard InChI is InChI=1S/C9H11NO/c1-3-4-8(10)9-6-5-7(2)11-9/h4-6,8H,1,10H2,2H3. The molecule has 2 N–H and O–H groups in total. The van der Waals surface area contributed by atoms with Crippen LogP contribution in [0.4, 0.5) is 0 Å². The van der Waals surface area contributed by atoms with Crippen LogP contribution in [0.25, 0.3) is 0 Å². The topological polar surface area (TPSA) is 39.2 Å².